The number of halogens is 1. The summed E-state index contributed by atoms with van der Waals surface area (Å²) in [6.07, 6.45) is 0.812. The van der Waals surface area contributed by atoms with E-state index in [1.165, 1.54) is 6.07 Å². The second kappa shape index (κ2) is 11.3. The highest BCUT2D eigenvalue weighted by Crippen LogP contribution is 2.29. The van der Waals surface area contributed by atoms with Crippen LogP contribution in [0.15, 0.2) is 36.4 Å². The summed E-state index contributed by atoms with van der Waals surface area (Å²) in [7, 11) is 0. The molecule has 0 radical (unpaired) electrons. The van der Waals surface area contributed by atoms with Gasteiger partial charge >= 0.3 is 5.97 Å². The Kier molecular flexibility index (Phi) is 8.80. The molecule has 0 atom stereocenters. The maximum atomic E-state index is 12.3. The largest absolute Gasteiger partial charge is 0.490 e. The van der Waals surface area contributed by atoms with Crippen LogP contribution in [-0.2, 0) is 16.0 Å². The third-order valence-electron chi connectivity index (χ3n) is 4.00. The van der Waals surface area contributed by atoms with Crippen molar-refractivity contribution in [2.24, 2.45) is 0 Å². The first-order valence-electron chi connectivity index (χ1n) is 9.63. The highest BCUT2D eigenvalue weighted by atomic mass is 35.5. The van der Waals surface area contributed by atoms with Gasteiger partial charge in [0.15, 0.2) is 11.5 Å². The highest BCUT2D eigenvalue weighted by Gasteiger charge is 2.12. The lowest BCUT2D eigenvalue weighted by Gasteiger charge is -2.13. The van der Waals surface area contributed by atoms with Crippen molar-refractivity contribution in [2.75, 3.05) is 25.1 Å². The van der Waals surface area contributed by atoms with Crippen molar-refractivity contribution in [3.8, 4) is 11.5 Å². The number of hydrogen-bond donors (Lipinski definition) is 1. The van der Waals surface area contributed by atoms with Crippen molar-refractivity contribution in [1.29, 1.82) is 0 Å². The van der Waals surface area contributed by atoms with E-state index in [2.05, 4.69) is 5.32 Å². The maximum Gasteiger partial charge on any atom is 0.338 e. The molecule has 156 valence electrons. The van der Waals surface area contributed by atoms with Gasteiger partial charge in [0, 0.05) is 6.42 Å². The summed E-state index contributed by atoms with van der Waals surface area (Å²) in [6, 6.07) is 10.3. The van der Waals surface area contributed by atoms with Crippen LogP contribution in [0.25, 0.3) is 0 Å². The molecule has 0 heterocycles. The number of nitrogens with one attached hydrogen (secondary N) is 1. The van der Waals surface area contributed by atoms with Gasteiger partial charge < -0.3 is 19.5 Å². The van der Waals surface area contributed by atoms with E-state index in [1.54, 1.807) is 19.1 Å². The van der Waals surface area contributed by atoms with Crippen LogP contribution in [0.4, 0.5) is 5.69 Å². The molecular formula is C22H26ClNO5. The SMILES string of the molecule is CCOC(=O)c1ccc(NC(=O)CCc2ccc(OCC)c(OCC)c2)c(Cl)c1. The van der Waals surface area contributed by atoms with Crippen LogP contribution in [-0.4, -0.2) is 31.7 Å². The first-order chi connectivity index (χ1) is 14.0. The molecule has 1 N–H and O–H groups in total. The van der Waals surface area contributed by atoms with Gasteiger partial charge in [-0.25, -0.2) is 4.79 Å². The second-order valence-electron chi connectivity index (χ2n) is 6.11. The van der Waals surface area contributed by atoms with E-state index in [0.717, 1.165) is 5.56 Å². The normalized spacial score (nSPS) is 10.3. The van der Waals surface area contributed by atoms with E-state index in [9.17, 15) is 9.59 Å². The molecule has 0 aliphatic heterocycles. The van der Waals surface area contributed by atoms with E-state index in [0.29, 0.717) is 42.4 Å². The number of ether oxygens (including phenoxy) is 3. The van der Waals surface area contributed by atoms with Crippen molar-refractivity contribution in [1.82, 2.24) is 0 Å². The van der Waals surface area contributed by atoms with Crippen molar-refractivity contribution in [3.63, 3.8) is 0 Å². The second-order valence-corrected chi connectivity index (χ2v) is 6.52. The van der Waals surface area contributed by atoms with Crippen LogP contribution >= 0.6 is 11.6 Å². The molecule has 0 aliphatic carbocycles. The number of anilines is 1. The molecule has 7 heteroatoms. The van der Waals surface area contributed by atoms with E-state index in [4.69, 9.17) is 25.8 Å². The van der Waals surface area contributed by atoms with Gasteiger partial charge in [0.2, 0.25) is 5.91 Å². The van der Waals surface area contributed by atoms with Crippen molar-refractivity contribution < 1.29 is 23.8 Å². The first-order valence-corrected chi connectivity index (χ1v) is 10.0. The minimum absolute atomic E-state index is 0.178. The Morgan fingerprint density at radius 1 is 0.931 bits per heavy atom. The number of carbonyl (C=O) groups excluding carboxylic acids is 2. The Labute approximate surface area is 176 Å². The first kappa shape index (κ1) is 22.6. The Balaban J connectivity index is 1.97. The molecule has 0 aromatic heterocycles. The summed E-state index contributed by atoms with van der Waals surface area (Å²) in [6.45, 7) is 6.92. The van der Waals surface area contributed by atoms with Crippen LogP contribution < -0.4 is 14.8 Å². The van der Waals surface area contributed by atoms with Crippen LogP contribution in [0.3, 0.4) is 0 Å². The molecule has 2 rings (SSSR count). The standard InChI is InChI=1S/C22H26ClNO5/c1-4-27-19-11-7-15(13-20(19)28-5-2)8-12-21(25)24-18-10-9-16(14-17(18)23)22(26)29-6-3/h7,9-11,13-14H,4-6,8,12H2,1-3H3,(H,24,25). The molecular weight excluding hydrogens is 394 g/mol. The molecule has 29 heavy (non-hydrogen) atoms. The zero-order chi connectivity index (χ0) is 21.2. The van der Waals surface area contributed by atoms with E-state index < -0.39 is 5.97 Å². The van der Waals surface area contributed by atoms with E-state index in [-0.39, 0.29) is 24.0 Å². The number of rotatable bonds is 10. The van der Waals surface area contributed by atoms with Crippen LogP contribution in [0, 0.1) is 0 Å². The van der Waals surface area contributed by atoms with Gasteiger partial charge in [-0.15, -0.1) is 0 Å². The van der Waals surface area contributed by atoms with Crippen LogP contribution in [0.2, 0.25) is 5.02 Å². The zero-order valence-corrected chi connectivity index (χ0v) is 17.7. The number of amides is 1. The van der Waals surface area contributed by atoms with E-state index in [1.807, 2.05) is 32.0 Å². The number of aryl methyl sites for hydroxylation is 1. The summed E-state index contributed by atoms with van der Waals surface area (Å²) in [5.41, 5.74) is 1.76. The lowest BCUT2D eigenvalue weighted by atomic mass is 10.1. The fourth-order valence-electron chi connectivity index (χ4n) is 2.68. The number of esters is 1. The van der Waals surface area contributed by atoms with Gasteiger partial charge in [-0.2, -0.15) is 0 Å². The average Bonchev–Trinajstić information content (AvgIpc) is 2.70. The lowest BCUT2D eigenvalue weighted by molar-refractivity contribution is -0.116. The van der Waals surface area contributed by atoms with Gasteiger partial charge in [0.1, 0.15) is 0 Å². The van der Waals surface area contributed by atoms with Crippen molar-refractivity contribution in [2.45, 2.75) is 33.6 Å². The molecule has 0 saturated carbocycles. The van der Waals surface area contributed by atoms with Crippen LogP contribution in [0.5, 0.6) is 11.5 Å². The summed E-state index contributed by atoms with van der Waals surface area (Å²) in [5, 5.41) is 3.05. The topological polar surface area (TPSA) is 73.9 Å². The van der Waals surface area contributed by atoms with Gasteiger partial charge in [-0.3, -0.25) is 4.79 Å². The van der Waals surface area contributed by atoms with Gasteiger partial charge in [-0.1, -0.05) is 17.7 Å². The Morgan fingerprint density at radius 3 is 2.31 bits per heavy atom. The predicted molar refractivity (Wildman–Crippen MR) is 113 cm³/mol. The molecule has 6 nitrogen and oxygen atoms in total. The fraction of sp³-hybridized carbons (Fsp3) is 0.364. The number of carbonyl (C=O) groups is 2. The minimum Gasteiger partial charge on any atom is -0.490 e. The monoisotopic (exact) mass is 419 g/mol. The summed E-state index contributed by atoms with van der Waals surface area (Å²) in [4.78, 5) is 24.1. The van der Waals surface area contributed by atoms with Crippen LogP contribution in [0.1, 0.15) is 43.1 Å². The Hall–Kier alpha value is -2.73. The summed E-state index contributed by atoms with van der Waals surface area (Å²) in [5.74, 6) is 0.733. The Morgan fingerprint density at radius 2 is 1.66 bits per heavy atom. The quantitative estimate of drug-likeness (QED) is 0.555. The smallest absolute Gasteiger partial charge is 0.338 e. The molecule has 2 aromatic carbocycles. The highest BCUT2D eigenvalue weighted by molar-refractivity contribution is 6.34. The third-order valence-corrected chi connectivity index (χ3v) is 4.32. The number of hydrogen-bond acceptors (Lipinski definition) is 5. The van der Waals surface area contributed by atoms with Gasteiger partial charge in [-0.05, 0) is 63.1 Å². The molecule has 1 amide bonds. The molecule has 2 aromatic rings. The third kappa shape index (κ3) is 6.68. The molecule has 0 fully saturated rings. The van der Waals surface area contributed by atoms with E-state index >= 15 is 0 Å². The molecule has 0 bridgehead atoms. The van der Waals surface area contributed by atoms with Crippen molar-refractivity contribution in [3.05, 3.63) is 52.5 Å². The predicted octanol–water partition coefficient (Wildman–Crippen LogP) is 4.89. The van der Waals surface area contributed by atoms with Gasteiger partial charge in [0.05, 0.1) is 36.1 Å². The molecule has 0 aliphatic rings. The molecule has 0 saturated heterocycles. The lowest BCUT2D eigenvalue weighted by Crippen LogP contribution is -2.13. The molecule has 0 unspecified atom stereocenters. The van der Waals surface area contributed by atoms with Gasteiger partial charge in [0.25, 0.3) is 0 Å². The zero-order valence-electron chi connectivity index (χ0n) is 16.9. The maximum absolute atomic E-state index is 12.3. The fourth-order valence-corrected chi connectivity index (χ4v) is 2.91. The average molecular weight is 420 g/mol. The number of benzene rings is 2. The Bertz CT molecular complexity index is 853. The van der Waals surface area contributed by atoms with Crippen molar-refractivity contribution >= 4 is 29.2 Å². The summed E-state index contributed by atoms with van der Waals surface area (Å²) < 4.78 is 16.1. The minimum atomic E-state index is -0.451. The molecule has 0 spiro atoms. The summed E-state index contributed by atoms with van der Waals surface area (Å²) >= 11 is 6.18.